The van der Waals surface area contributed by atoms with E-state index in [1.807, 2.05) is 24.3 Å². The molecule has 0 unspecified atom stereocenters. The van der Waals surface area contributed by atoms with Crippen LogP contribution >= 0.6 is 0 Å². The Labute approximate surface area is 178 Å². The SMILES string of the molecule is CCc1ccc(OCC(=O)Nc2c(C(=O)c3ccc(F)cc3)oc3ccccc23)cc1. The fourth-order valence-electron chi connectivity index (χ4n) is 3.21. The molecular formula is C25H20FNO4. The number of hydrogen-bond donors (Lipinski definition) is 1. The number of hydrogen-bond acceptors (Lipinski definition) is 4. The first-order valence-electron chi connectivity index (χ1n) is 9.88. The highest BCUT2D eigenvalue weighted by atomic mass is 19.1. The number of nitrogens with one attached hydrogen (secondary N) is 1. The van der Waals surface area contributed by atoms with E-state index >= 15 is 0 Å². The van der Waals surface area contributed by atoms with Crippen molar-refractivity contribution in [1.29, 1.82) is 0 Å². The molecule has 0 spiro atoms. The molecule has 0 aliphatic carbocycles. The zero-order valence-corrected chi connectivity index (χ0v) is 16.9. The number of fused-ring (bicyclic) bond motifs is 1. The standard InChI is InChI=1S/C25H20FNO4/c1-2-16-7-13-19(14-8-16)30-15-22(28)27-23-20-5-3-4-6-21(20)31-25(23)24(29)17-9-11-18(26)12-10-17/h3-14H,2,15H2,1H3,(H,27,28). The van der Waals surface area contributed by atoms with Crippen molar-refractivity contribution in [2.24, 2.45) is 0 Å². The van der Waals surface area contributed by atoms with Crippen LogP contribution in [0.3, 0.4) is 0 Å². The summed E-state index contributed by atoms with van der Waals surface area (Å²) in [5.41, 5.74) is 2.15. The maximum Gasteiger partial charge on any atom is 0.262 e. The second-order valence-electron chi connectivity index (χ2n) is 6.97. The lowest BCUT2D eigenvalue weighted by atomic mass is 10.1. The summed E-state index contributed by atoms with van der Waals surface area (Å²) < 4.78 is 24.5. The summed E-state index contributed by atoms with van der Waals surface area (Å²) in [5, 5.41) is 3.33. The minimum Gasteiger partial charge on any atom is -0.484 e. The number of ether oxygens (including phenoxy) is 1. The van der Waals surface area contributed by atoms with Gasteiger partial charge in [0.2, 0.25) is 5.78 Å². The maximum atomic E-state index is 13.2. The van der Waals surface area contributed by atoms with Gasteiger partial charge in [-0.1, -0.05) is 31.2 Å². The summed E-state index contributed by atoms with van der Waals surface area (Å²) in [4.78, 5) is 25.5. The van der Waals surface area contributed by atoms with Gasteiger partial charge in [-0.05, 0) is 60.5 Å². The average molecular weight is 417 g/mol. The molecule has 6 heteroatoms. The van der Waals surface area contributed by atoms with Gasteiger partial charge in [-0.25, -0.2) is 4.39 Å². The molecule has 0 atom stereocenters. The van der Waals surface area contributed by atoms with E-state index in [1.54, 1.807) is 24.3 Å². The Bertz CT molecular complexity index is 1230. The van der Waals surface area contributed by atoms with E-state index in [-0.39, 0.29) is 23.6 Å². The van der Waals surface area contributed by atoms with E-state index < -0.39 is 17.5 Å². The number of ketones is 1. The Morgan fingerprint density at radius 2 is 1.68 bits per heavy atom. The molecule has 5 nitrogen and oxygen atoms in total. The summed E-state index contributed by atoms with van der Waals surface area (Å²) >= 11 is 0. The Morgan fingerprint density at radius 3 is 2.39 bits per heavy atom. The highest BCUT2D eigenvalue weighted by Crippen LogP contribution is 2.32. The quantitative estimate of drug-likeness (QED) is 0.410. The average Bonchev–Trinajstić information content (AvgIpc) is 3.16. The lowest BCUT2D eigenvalue weighted by Gasteiger charge is -2.08. The number of para-hydroxylation sites is 1. The van der Waals surface area contributed by atoms with Crippen LogP contribution in [-0.4, -0.2) is 18.3 Å². The van der Waals surface area contributed by atoms with Crippen LogP contribution in [0.1, 0.15) is 28.6 Å². The van der Waals surface area contributed by atoms with Crippen molar-refractivity contribution in [3.8, 4) is 5.75 Å². The van der Waals surface area contributed by atoms with Crippen molar-refractivity contribution < 1.29 is 23.1 Å². The Kier molecular flexibility index (Phi) is 5.80. The molecule has 156 valence electrons. The highest BCUT2D eigenvalue weighted by Gasteiger charge is 2.23. The first-order valence-corrected chi connectivity index (χ1v) is 9.88. The summed E-state index contributed by atoms with van der Waals surface area (Å²) in [5.74, 6) is -0.777. The number of amides is 1. The first-order chi connectivity index (χ1) is 15.0. The Hall–Kier alpha value is -3.93. The second kappa shape index (κ2) is 8.83. The molecule has 1 aromatic heterocycles. The molecule has 0 saturated heterocycles. The van der Waals surface area contributed by atoms with Crippen LogP contribution in [0.4, 0.5) is 10.1 Å². The predicted molar refractivity (Wildman–Crippen MR) is 116 cm³/mol. The third-order valence-corrected chi connectivity index (χ3v) is 4.87. The molecule has 1 amide bonds. The van der Waals surface area contributed by atoms with Crippen molar-refractivity contribution in [2.45, 2.75) is 13.3 Å². The summed E-state index contributed by atoms with van der Waals surface area (Å²) in [7, 11) is 0. The van der Waals surface area contributed by atoms with E-state index in [0.717, 1.165) is 6.42 Å². The highest BCUT2D eigenvalue weighted by molar-refractivity contribution is 6.17. The molecule has 0 aliphatic heterocycles. The summed E-state index contributed by atoms with van der Waals surface area (Å²) in [6.45, 7) is 1.83. The van der Waals surface area contributed by atoms with E-state index in [9.17, 15) is 14.0 Å². The molecule has 0 bridgehead atoms. The molecule has 0 saturated carbocycles. The number of rotatable bonds is 7. The molecule has 3 aromatic carbocycles. The van der Waals surface area contributed by atoms with Crippen LogP contribution in [0.2, 0.25) is 0 Å². The van der Waals surface area contributed by atoms with E-state index in [1.165, 1.54) is 29.8 Å². The topological polar surface area (TPSA) is 68.5 Å². The van der Waals surface area contributed by atoms with Gasteiger partial charge in [-0.3, -0.25) is 9.59 Å². The fourth-order valence-corrected chi connectivity index (χ4v) is 3.21. The number of aryl methyl sites for hydroxylation is 1. The van der Waals surface area contributed by atoms with Gasteiger partial charge in [0, 0.05) is 10.9 Å². The smallest absolute Gasteiger partial charge is 0.262 e. The molecule has 0 fully saturated rings. The van der Waals surface area contributed by atoms with E-state index in [0.29, 0.717) is 16.7 Å². The van der Waals surface area contributed by atoms with Crippen molar-refractivity contribution >= 4 is 28.3 Å². The van der Waals surface area contributed by atoms with E-state index in [2.05, 4.69) is 12.2 Å². The van der Waals surface area contributed by atoms with Gasteiger partial charge in [-0.15, -0.1) is 0 Å². The number of halogens is 1. The molecule has 1 N–H and O–H groups in total. The van der Waals surface area contributed by atoms with Crippen LogP contribution in [0.15, 0.2) is 77.2 Å². The third kappa shape index (κ3) is 4.48. The van der Waals surface area contributed by atoms with Crippen LogP contribution in [-0.2, 0) is 11.2 Å². The molecule has 4 rings (SSSR count). The lowest BCUT2D eigenvalue weighted by Crippen LogP contribution is -2.21. The monoisotopic (exact) mass is 417 g/mol. The van der Waals surface area contributed by atoms with Crippen LogP contribution < -0.4 is 10.1 Å². The molecular weight excluding hydrogens is 397 g/mol. The summed E-state index contributed by atoms with van der Waals surface area (Å²) in [6.07, 6.45) is 0.916. The zero-order valence-electron chi connectivity index (χ0n) is 16.9. The van der Waals surface area contributed by atoms with Crippen molar-refractivity contribution in [3.05, 3.63) is 95.5 Å². The minimum absolute atomic E-state index is 0.0199. The van der Waals surface area contributed by atoms with Crippen molar-refractivity contribution in [2.75, 3.05) is 11.9 Å². The van der Waals surface area contributed by atoms with Crippen LogP contribution in [0, 0.1) is 5.82 Å². The van der Waals surface area contributed by atoms with E-state index in [4.69, 9.17) is 9.15 Å². The Morgan fingerprint density at radius 1 is 0.968 bits per heavy atom. The molecule has 4 aromatic rings. The number of furan rings is 1. The molecule has 0 aliphatic rings. The number of anilines is 1. The molecule has 1 heterocycles. The Balaban J connectivity index is 1.57. The number of carbonyl (C=O) groups excluding carboxylic acids is 2. The van der Waals surface area contributed by atoms with Gasteiger partial charge < -0.3 is 14.5 Å². The normalized spacial score (nSPS) is 10.8. The molecule has 31 heavy (non-hydrogen) atoms. The van der Waals surface area contributed by atoms with Gasteiger partial charge in [0.05, 0.1) is 5.69 Å². The van der Waals surface area contributed by atoms with Gasteiger partial charge >= 0.3 is 0 Å². The number of benzene rings is 3. The number of carbonyl (C=O) groups is 2. The largest absolute Gasteiger partial charge is 0.484 e. The van der Waals surface area contributed by atoms with Crippen molar-refractivity contribution in [3.63, 3.8) is 0 Å². The van der Waals surface area contributed by atoms with Crippen LogP contribution in [0.25, 0.3) is 11.0 Å². The zero-order chi connectivity index (χ0) is 21.8. The van der Waals surface area contributed by atoms with Gasteiger partial charge in [0.25, 0.3) is 5.91 Å². The van der Waals surface area contributed by atoms with Gasteiger partial charge in [0.1, 0.15) is 17.1 Å². The minimum atomic E-state index is -0.456. The third-order valence-electron chi connectivity index (χ3n) is 4.87. The van der Waals surface area contributed by atoms with Crippen LogP contribution in [0.5, 0.6) is 5.75 Å². The molecule has 0 radical (unpaired) electrons. The predicted octanol–water partition coefficient (Wildman–Crippen LogP) is 5.38. The first kappa shape index (κ1) is 20.3. The fraction of sp³-hybridized carbons (Fsp3) is 0.120. The van der Waals surface area contributed by atoms with Crippen molar-refractivity contribution in [1.82, 2.24) is 0 Å². The lowest BCUT2D eigenvalue weighted by molar-refractivity contribution is -0.118. The van der Waals surface area contributed by atoms with Gasteiger partial charge in [-0.2, -0.15) is 0 Å². The second-order valence-corrected chi connectivity index (χ2v) is 6.97. The summed E-state index contributed by atoms with van der Waals surface area (Å²) in [6, 6.07) is 19.7. The van der Waals surface area contributed by atoms with Gasteiger partial charge in [0.15, 0.2) is 12.4 Å². The maximum absolute atomic E-state index is 13.2.